The average Bonchev–Trinajstić information content (AvgIpc) is 2.68. The van der Waals surface area contributed by atoms with Gasteiger partial charge in [-0.3, -0.25) is 4.79 Å². The first kappa shape index (κ1) is 10.4. The van der Waals surface area contributed by atoms with Gasteiger partial charge >= 0.3 is 0 Å². The Morgan fingerprint density at radius 2 is 2.06 bits per heavy atom. The molecule has 2 aromatic rings. The maximum Gasteiger partial charge on any atom is 0.260 e. The molecular weight excluding hydrogens is 211 g/mol. The van der Waals surface area contributed by atoms with E-state index in [0.29, 0.717) is 16.9 Å². The van der Waals surface area contributed by atoms with Crippen LogP contribution in [0, 0.1) is 12.7 Å². The maximum absolute atomic E-state index is 12.6. The lowest BCUT2D eigenvalue weighted by atomic mass is 10.2. The predicted molar refractivity (Wildman–Crippen MR) is 55.6 cm³/mol. The van der Waals surface area contributed by atoms with E-state index in [1.54, 1.807) is 6.92 Å². The molecule has 1 aromatic heterocycles. The summed E-state index contributed by atoms with van der Waals surface area (Å²) in [7, 11) is 0. The smallest absolute Gasteiger partial charge is 0.260 e. The van der Waals surface area contributed by atoms with E-state index < -0.39 is 0 Å². The minimum atomic E-state index is -0.348. The fraction of sp³-hybridized carbons (Fsp3) is 0.0909. The lowest BCUT2D eigenvalue weighted by molar-refractivity contribution is 0.102. The summed E-state index contributed by atoms with van der Waals surface area (Å²) in [5, 5.41) is 6.20. The maximum atomic E-state index is 12.6. The Balaban J connectivity index is 2.14. The molecule has 0 saturated carbocycles. The number of carbonyl (C=O) groups excluding carboxylic acids is 1. The van der Waals surface area contributed by atoms with Crippen LogP contribution in [0.15, 0.2) is 35.1 Å². The minimum absolute atomic E-state index is 0.328. The third kappa shape index (κ3) is 2.08. The summed E-state index contributed by atoms with van der Waals surface area (Å²) in [5.74, 6) is -0.676. The minimum Gasteiger partial charge on any atom is -0.364 e. The summed E-state index contributed by atoms with van der Waals surface area (Å²) < 4.78 is 17.3. The zero-order valence-electron chi connectivity index (χ0n) is 8.53. The Morgan fingerprint density at radius 3 is 2.62 bits per heavy atom. The summed E-state index contributed by atoms with van der Waals surface area (Å²) in [6.07, 6.45) is 1.27. The van der Waals surface area contributed by atoms with Gasteiger partial charge in [-0.25, -0.2) is 4.39 Å². The molecule has 2 rings (SSSR count). The van der Waals surface area contributed by atoms with E-state index in [-0.39, 0.29) is 11.7 Å². The predicted octanol–water partition coefficient (Wildman–Crippen LogP) is 2.37. The molecule has 4 nitrogen and oxygen atoms in total. The molecule has 0 fully saturated rings. The van der Waals surface area contributed by atoms with Crippen LogP contribution in [0.1, 0.15) is 16.1 Å². The van der Waals surface area contributed by atoms with Crippen LogP contribution in [0.25, 0.3) is 0 Å². The number of benzene rings is 1. The van der Waals surface area contributed by atoms with Crippen LogP contribution in [0.4, 0.5) is 10.1 Å². The first-order valence-electron chi connectivity index (χ1n) is 4.65. The Labute approximate surface area is 91.1 Å². The molecule has 0 atom stereocenters. The second kappa shape index (κ2) is 4.14. The van der Waals surface area contributed by atoms with Gasteiger partial charge in [-0.15, -0.1) is 0 Å². The molecule has 0 aliphatic heterocycles. The number of nitrogens with zero attached hydrogens (tertiary/aromatic N) is 1. The van der Waals surface area contributed by atoms with Crippen LogP contribution < -0.4 is 5.32 Å². The molecule has 5 heteroatoms. The topological polar surface area (TPSA) is 55.1 Å². The lowest BCUT2D eigenvalue weighted by Gasteiger charge is -2.02. The second-order valence-electron chi connectivity index (χ2n) is 3.27. The molecule has 0 aliphatic carbocycles. The molecule has 0 radical (unpaired) electrons. The van der Waals surface area contributed by atoms with Gasteiger partial charge in [-0.1, -0.05) is 5.16 Å². The van der Waals surface area contributed by atoms with Crippen LogP contribution >= 0.6 is 0 Å². The number of carbonyl (C=O) groups is 1. The molecule has 16 heavy (non-hydrogen) atoms. The quantitative estimate of drug-likeness (QED) is 0.845. The summed E-state index contributed by atoms with van der Waals surface area (Å²) >= 11 is 0. The Bertz CT molecular complexity index is 505. The second-order valence-corrected chi connectivity index (χ2v) is 3.27. The molecule has 0 saturated heterocycles. The molecule has 82 valence electrons. The number of amides is 1. The van der Waals surface area contributed by atoms with Crippen LogP contribution in [0.2, 0.25) is 0 Å². The Hall–Kier alpha value is -2.17. The summed E-state index contributed by atoms with van der Waals surface area (Å²) in [4.78, 5) is 11.7. The van der Waals surface area contributed by atoms with Crippen molar-refractivity contribution in [1.29, 1.82) is 0 Å². The largest absolute Gasteiger partial charge is 0.364 e. The monoisotopic (exact) mass is 220 g/mol. The molecular formula is C11H9FN2O2. The van der Waals surface area contributed by atoms with Crippen LogP contribution in [-0.2, 0) is 0 Å². The number of halogens is 1. The van der Waals surface area contributed by atoms with E-state index in [1.165, 1.54) is 30.5 Å². The van der Waals surface area contributed by atoms with E-state index in [0.717, 1.165) is 0 Å². The summed E-state index contributed by atoms with van der Waals surface area (Å²) in [6.45, 7) is 1.67. The molecule has 1 heterocycles. The van der Waals surface area contributed by atoms with E-state index in [2.05, 4.69) is 15.0 Å². The zero-order valence-corrected chi connectivity index (χ0v) is 8.53. The van der Waals surface area contributed by atoms with Crippen LogP contribution in [0.5, 0.6) is 0 Å². The van der Waals surface area contributed by atoms with Crippen molar-refractivity contribution in [3.63, 3.8) is 0 Å². The highest BCUT2D eigenvalue weighted by Crippen LogP contribution is 2.12. The number of nitrogens with one attached hydrogen (secondary N) is 1. The molecule has 0 spiro atoms. The number of hydrogen-bond donors (Lipinski definition) is 1. The molecule has 0 aliphatic rings. The number of hydrogen-bond acceptors (Lipinski definition) is 3. The molecule has 1 N–H and O–H groups in total. The first-order valence-corrected chi connectivity index (χ1v) is 4.65. The fourth-order valence-electron chi connectivity index (χ4n) is 1.24. The SMILES string of the molecule is Cc1nocc1C(=O)Nc1ccc(F)cc1. The van der Waals surface area contributed by atoms with Crippen molar-refractivity contribution >= 4 is 11.6 Å². The lowest BCUT2D eigenvalue weighted by Crippen LogP contribution is -2.12. The van der Waals surface area contributed by atoms with Gasteiger partial charge in [0.15, 0.2) is 0 Å². The van der Waals surface area contributed by atoms with Crippen molar-refractivity contribution in [2.75, 3.05) is 5.32 Å². The highest BCUT2D eigenvalue weighted by atomic mass is 19.1. The highest BCUT2D eigenvalue weighted by Gasteiger charge is 2.12. The van der Waals surface area contributed by atoms with Crippen molar-refractivity contribution in [1.82, 2.24) is 5.16 Å². The van der Waals surface area contributed by atoms with Gasteiger partial charge in [0.25, 0.3) is 5.91 Å². The van der Waals surface area contributed by atoms with Gasteiger partial charge in [0, 0.05) is 5.69 Å². The molecule has 0 unspecified atom stereocenters. The third-order valence-corrected chi connectivity index (χ3v) is 2.10. The van der Waals surface area contributed by atoms with Crippen LogP contribution in [0.3, 0.4) is 0 Å². The first-order chi connectivity index (χ1) is 7.66. The van der Waals surface area contributed by atoms with Gasteiger partial charge in [0.05, 0.1) is 5.69 Å². The highest BCUT2D eigenvalue weighted by molar-refractivity contribution is 6.04. The Kier molecular flexibility index (Phi) is 2.68. The van der Waals surface area contributed by atoms with Crippen molar-refractivity contribution < 1.29 is 13.7 Å². The van der Waals surface area contributed by atoms with Gasteiger partial charge in [0.1, 0.15) is 17.6 Å². The average molecular weight is 220 g/mol. The van der Waals surface area contributed by atoms with Gasteiger partial charge in [-0.05, 0) is 31.2 Å². The van der Waals surface area contributed by atoms with Crippen molar-refractivity contribution in [3.8, 4) is 0 Å². The number of aryl methyl sites for hydroxylation is 1. The standard InChI is InChI=1S/C11H9FN2O2/c1-7-10(6-16-14-7)11(15)13-9-4-2-8(12)3-5-9/h2-6H,1H3,(H,13,15). The van der Waals surface area contributed by atoms with E-state index in [1.807, 2.05) is 0 Å². The number of rotatable bonds is 2. The Morgan fingerprint density at radius 1 is 1.38 bits per heavy atom. The zero-order chi connectivity index (χ0) is 11.5. The van der Waals surface area contributed by atoms with Crippen LogP contribution in [-0.4, -0.2) is 11.1 Å². The van der Waals surface area contributed by atoms with E-state index >= 15 is 0 Å². The van der Waals surface area contributed by atoms with Crippen molar-refractivity contribution in [2.24, 2.45) is 0 Å². The van der Waals surface area contributed by atoms with E-state index in [4.69, 9.17) is 0 Å². The van der Waals surface area contributed by atoms with Gasteiger partial charge in [-0.2, -0.15) is 0 Å². The van der Waals surface area contributed by atoms with E-state index in [9.17, 15) is 9.18 Å². The summed E-state index contributed by atoms with van der Waals surface area (Å²) in [5.41, 5.74) is 1.40. The van der Waals surface area contributed by atoms with Gasteiger partial charge < -0.3 is 9.84 Å². The van der Waals surface area contributed by atoms with Crippen molar-refractivity contribution in [3.05, 3.63) is 47.6 Å². The van der Waals surface area contributed by atoms with Gasteiger partial charge in [0.2, 0.25) is 0 Å². The molecule has 1 amide bonds. The molecule has 1 aromatic carbocycles. The summed E-state index contributed by atoms with van der Waals surface area (Å²) in [6, 6.07) is 5.51. The normalized spacial score (nSPS) is 10.1. The molecule has 0 bridgehead atoms. The fourth-order valence-corrected chi connectivity index (χ4v) is 1.24. The van der Waals surface area contributed by atoms with Crippen molar-refractivity contribution in [2.45, 2.75) is 6.92 Å². The number of anilines is 1. The number of aromatic nitrogens is 1. The third-order valence-electron chi connectivity index (χ3n) is 2.10.